The number of nitrogens with one attached hydrogen (secondary N) is 1. The first-order valence-corrected chi connectivity index (χ1v) is 9.54. The summed E-state index contributed by atoms with van der Waals surface area (Å²) in [7, 11) is 0. The van der Waals surface area contributed by atoms with Crippen LogP contribution in [0.15, 0.2) is 46.6 Å². The number of rotatable bonds is 4. The van der Waals surface area contributed by atoms with Gasteiger partial charge in [-0.3, -0.25) is 9.59 Å². The topological polar surface area (TPSA) is 108 Å². The molecule has 3 N–H and O–H groups in total. The largest absolute Gasteiger partial charge is 0.486 e. The van der Waals surface area contributed by atoms with Crippen molar-refractivity contribution in [3.05, 3.63) is 52.1 Å². The Balaban J connectivity index is 1.59. The summed E-state index contributed by atoms with van der Waals surface area (Å²) in [5.41, 5.74) is 6.48. The number of nitrogens with zero attached hydrogens (tertiary/aromatic N) is 2. The van der Waals surface area contributed by atoms with Crippen LogP contribution in [0.2, 0.25) is 0 Å². The second-order valence-electron chi connectivity index (χ2n) is 6.24. The van der Waals surface area contributed by atoms with Crippen LogP contribution >= 0.6 is 11.3 Å². The number of nitrogens with two attached hydrogens (primary N) is 1. The van der Waals surface area contributed by atoms with Crippen LogP contribution in [0, 0.1) is 0 Å². The lowest BCUT2D eigenvalue weighted by molar-refractivity contribution is -0.119. The normalized spacial score (nSPS) is 13.8. The van der Waals surface area contributed by atoms with Gasteiger partial charge in [-0.05, 0) is 36.6 Å². The molecule has 144 valence electrons. The Morgan fingerprint density at radius 3 is 2.79 bits per heavy atom. The Bertz CT molecular complexity index is 1080. The maximum Gasteiger partial charge on any atom is 0.290 e. The van der Waals surface area contributed by atoms with E-state index in [-0.39, 0.29) is 5.69 Å². The van der Waals surface area contributed by atoms with Gasteiger partial charge in [-0.2, -0.15) is 5.10 Å². The first-order chi connectivity index (χ1) is 13.5. The summed E-state index contributed by atoms with van der Waals surface area (Å²) in [6.45, 7) is 2.54. The molecule has 1 aliphatic rings. The second-order valence-corrected chi connectivity index (χ2v) is 7.18. The van der Waals surface area contributed by atoms with Gasteiger partial charge in [-0.25, -0.2) is 4.68 Å². The molecule has 0 bridgehead atoms. The number of ether oxygens (including phenoxy) is 2. The summed E-state index contributed by atoms with van der Waals surface area (Å²) in [5.74, 6) is 0.802. The zero-order chi connectivity index (χ0) is 19.7. The van der Waals surface area contributed by atoms with Gasteiger partial charge in [0, 0.05) is 11.8 Å². The predicted molar refractivity (Wildman–Crippen MR) is 107 cm³/mol. The minimum absolute atomic E-state index is 0.0392. The van der Waals surface area contributed by atoms with Gasteiger partial charge in [0.25, 0.3) is 5.56 Å². The molecule has 2 aromatic heterocycles. The van der Waals surface area contributed by atoms with Crippen molar-refractivity contribution in [1.82, 2.24) is 9.78 Å². The molecule has 3 aromatic rings. The first-order valence-electron chi connectivity index (χ1n) is 8.66. The van der Waals surface area contributed by atoms with Crippen LogP contribution in [0.4, 0.5) is 11.4 Å². The highest BCUT2D eigenvalue weighted by Gasteiger charge is 2.21. The molecular weight excluding hydrogens is 380 g/mol. The van der Waals surface area contributed by atoms with Gasteiger partial charge >= 0.3 is 0 Å². The van der Waals surface area contributed by atoms with Crippen LogP contribution in [0.25, 0.3) is 10.6 Å². The van der Waals surface area contributed by atoms with Crippen molar-refractivity contribution in [3.63, 3.8) is 0 Å². The van der Waals surface area contributed by atoms with Gasteiger partial charge in [0.15, 0.2) is 11.5 Å². The Hall–Kier alpha value is -3.33. The number of thiophene rings is 1. The van der Waals surface area contributed by atoms with Crippen LogP contribution in [0.1, 0.15) is 13.0 Å². The molecule has 1 aromatic carbocycles. The summed E-state index contributed by atoms with van der Waals surface area (Å²) >= 11 is 1.48. The number of amides is 1. The van der Waals surface area contributed by atoms with Crippen LogP contribution in [0.3, 0.4) is 0 Å². The third-order valence-electron chi connectivity index (χ3n) is 4.29. The SMILES string of the molecule is C[C@H](C(=O)Nc1ccc2c(c1)OCCO2)n1nc(-c2cccs2)cc(N)c1=O. The number of nitrogen functional groups attached to an aromatic ring is 1. The highest BCUT2D eigenvalue weighted by atomic mass is 32.1. The number of benzene rings is 1. The molecule has 0 aliphatic carbocycles. The summed E-state index contributed by atoms with van der Waals surface area (Å²) in [5, 5.41) is 9.02. The number of anilines is 2. The van der Waals surface area contributed by atoms with E-state index in [0.29, 0.717) is 36.1 Å². The summed E-state index contributed by atoms with van der Waals surface area (Å²) in [4.78, 5) is 26.0. The van der Waals surface area contributed by atoms with E-state index in [1.54, 1.807) is 25.1 Å². The summed E-state index contributed by atoms with van der Waals surface area (Å²) < 4.78 is 12.1. The summed E-state index contributed by atoms with van der Waals surface area (Å²) in [6.07, 6.45) is 0. The third kappa shape index (κ3) is 3.44. The van der Waals surface area contributed by atoms with Crippen LogP contribution < -0.4 is 26.1 Å². The number of hydrogen-bond acceptors (Lipinski definition) is 7. The van der Waals surface area contributed by atoms with Crippen LogP contribution in [-0.2, 0) is 4.79 Å². The fraction of sp³-hybridized carbons (Fsp3) is 0.211. The minimum atomic E-state index is -0.858. The lowest BCUT2D eigenvalue weighted by Gasteiger charge is -2.20. The molecule has 0 fully saturated rings. The number of aromatic nitrogens is 2. The predicted octanol–water partition coefficient (Wildman–Crippen LogP) is 2.52. The smallest absolute Gasteiger partial charge is 0.290 e. The zero-order valence-electron chi connectivity index (χ0n) is 15.0. The first kappa shape index (κ1) is 18.1. The zero-order valence-corrected chi connectivity index (χ0v) is 15.9. The monoisotopic (exact) mass is 398 g/mol. The molecule has 1 amide bonds. The molecule has 1 aliphatic heterocycles. The highest BCUT2D eigenvalue weighted by Crippen LogP contribution is 2.32. The number of fused-ring (bicyclic) bond motifs is 1. The standard InChI is InChI=1S/C19H18N4O4S/c1-11(18(24)21-12-4-5-15-16(9-12)27-7-6-26-15)23-19(25)13(20)10-14(22-23)17-3-2-8-28-17/h2-5,8-11H,6-7,20H2,1H3,(H,21,24)/t11-/m1/s1. The number of carbonyl (C=O) groups is 1. The van der Waals surface area contributed by atoms with E-state index in [1.165, 1.54) is 17.4 Å². The van der Waals surface area contributed by atoms with E-state index >= 15 is 0 Å². The minimum Gasteiger partial charge on any atom is -0.486 e. The lowest BCUT2D eigenvalue weighted by Crippen LogP contribution is -2.34. The van der Waals surface area contributed by atoms with Crippen molar-refractivity contribution in [3.8, 4) is 22.1 Å². The maximum atomic E-state index is 12.7. The molecule has 3 heterocycles. The van der Waals surface area contributed by atoms with Crippen molar-refractivity contribution in [2.75, 3.05) is 24.3 Å². The van der Waals surface area contributed by atoms with Gasteiger partial charge in [0.05, 0.1) is 4.88 Å². The Morgan fingerprint density at radius 1 is 1.25 bits per heavy atom. The molecule has 0 saturated carbocycles. The Kier molecular flexibility index (Phi) is 4.74. The fourth-order valence-electron chi connectivity index (χ4n) is 2.82. The number of hydrogen-bond donors (Lipinski definition) is 2. The van der Waals surface area contributed by atoms with Gasteiger partial charge in [-0.15, -0.1) is 11.3 Å². The van der Waals surface area contributed by atoms with Crippen molar-refractivity contribution >= 4 is 28.6 Å². The molecule has 0 unspecified atom stereocenters. The fourth-order valence-corrected chi connectivity index (χ4v) is 3.50. The van der Waals surface area contributed by atoms with Crippen LogP contribution in [-0.4, -0.2) is 28.9 Å². The van der Waals surface area contributed by atoms with Crippen molar-refractivity contribution < 1.29 is 14.3 Å². The van der Waals surface area contributed by atoms with E-state index in [1.807, 2.05) is 17.5 Å². The van der Waals surface area contributed by atoms with E-state index in [0.717, 1.165) is 9.56 Å². The van der Waals surface area contributed by atoms with E-state index < -0.39 is 17.5 Å². The lowest BCUT2D eigenvalue weighted by atomic mass is 10.2. The van der Waals surface area contributed by atoms with E-state index in [9.17, 15) is 9.59 Å². The van der Waals surface area contributed by atoms with Gasteiger partial charge in [0.1, 0.15) is 30.6 Å². The molecule has 28 heavy (non-hydrogen) atoms. The molecular formula is C19H18N4O4S. The molecule has 4 rings (SSSR count). The molecule has 9 heteroatoms. The average Bonchev–Trinajstić information content (AvgIpc) is 3.24. The van der Waals surface area contributed by atoms with E-state index in [2.05, 4.69) is 10.4 Å². The molecule has 0 radical (unpaired) electrons. The average molecular weight is 398 g/mol. The Morgan fingerprint density at radius 2 is 2.04 bits per heavy atom. The molecule has 1 atom stereocenters. The Labute approximate surface area is 164 Å². The third-order valence-corrected chi connectivity index (χ3v) is 5.18. The van der Waals surface area contributed by atoms with Gasteiger partial charge in [0.2, 0.25) is 5.91 Å². The van der Waals surface area contributed by atoms with Gasteiger partial charge in [-0.1, -0.05) is 6.07 Å². The quantitative estimate of drug-likeness (QED) is 0.699. The van der Waals surface area contributed by atoms with Crippen molar-refractivity contribution in [2.45, 2.75) is 13.0 Å². The highest BCUT2D eigenvalue weighted by molar-refractivity contribution is 7.13. The second kappa shape index (κ2) is 7.35. The molecule has 0 saturated heterocycles. The van der Waals surface area contributed by atoms with Crippen molar-refractivity contribution in [1.29, 1.82) is 0 Å². The molecule has 8 nitrogen and oxygen atoms in total. The van der Waals surface area contributed by atoms with E-state index in [4.69, 9.17) is 15.2 Å². The molecule has 0 spiro atoms. The van der Waals surface area contributed by atoms with Crippen molar-refractivity contribution in [2.24, 2.45) is 0 Å². The van der Waals surface area contributed by atoms with Gasteiger partial charge < -0.3 is 20.5 Å². The van der Waals surface area contributed by atoms with Crippen LogP contribution in [0.5, 0.6) is 11.5 Å². The summed E-state index contributed by atoms with van der Waals surface area (Å²) in [6, 6.07) is 9.55. The maximum absolute atomic E-state index is 12.7. The number of carbonyl (C=O) groups excluding carboxylic acids is 1.